The normalized spacial score (nSPS) is 11.7. The number of rotatable bonds is 1. The number of allylic oxidation sites excluding steroid dienone is 1. The lowest BCUT2D eigenvalue weighted by molar-refractivity contribution is -0.0686. The van der Waals surface area contributed by atoms with Gasteiger partial charge >= 0.3 is 6.18 Å². The van der Waals surface area contributed by atoms with Gasteiger partial charge in [-0.05, 0) is 0 Å². The van der Waals surface area contributed by atoms with Crippen LogP contribution in [0.4, 0.5) is 13.2 Å². The molecule has 1 aromatic heterocycles. The Morgan fingerprint density at radius 3 is 2.50 bits per heavy atom. The first-order chi connectivity index (χ1) is 5.41. The smallest absolute Gasteiger partial charge is 0.275 e. The minimum Gasteiger partial charge on any atom is -0.275 e. The predicted octanol–water partition coefficient (Wildman–Crippen LogP) is 2.00. The van der Waals surface area contributed by atoms with Gasteiger partial charge in [0.1, 0.15) is 0 Å². The van der Waals surface area contributed by atoms with E-state index in [0.29, 0.717) is 0 Å². The van der Waals surface area contributed by atoms with Crippen LogP contribution in [0.25, 0.3) is 5.57 Å². The minimum absolute atomic E-state index is 0.00463. The highest BCUT2D eigenvalue weighted by molar-refractivity contribution is 5.66. The third-order valence-corrected chi connectivity index (χ3v) is 1.40. The van der Waals surface area contributed by atoms with Gasteiger partial charge in [-0.1, -0.05) is 6.58 Å². The Balaban J connectivity index is 2.93. The number of aromatic nitrogens is 2. The Bertz CT molecular complexity index is 298. The van der Waals surface area contributed by atoms with Gasteiger partial charge in [0.25, 0.3) is 0 Å². The van der Waals surface area contributed by atoms with Gasteiger partial charge in [0.15, 0.2) is 0 Å². The van der Waals surface area contributed by atoms with Crippen molar-refractivity contribution in [3.05, 3.63) is 24.5 Å². The molecule has 2 nitrogen and oxygen atoms in total. The van der Waals surface area contributed by atoms with Crippen LogP contribution in [0.1, 0.15) is 5.56 Å². The van der Waals surface area contributed by atoms with Gasteiger partial charge < -0.3 is 0 Å². The summed E-state index contributed by atoms with van der Waals surface area (Å²) in [6.07, 6.45) is -1.96. The van der Waals surface area contributed by atoms with E-state index in [1.807, 2.05) is 0 Å². The molecule has 0 unspecified atom stereocenters. The zero-order chi connectivity index (χ0) is 9.35. The van der Waals surface area contributed by atoms with E-state index in [2.05, 4.69) is 11.7 Å². The van der Waals surface area contributed by atoms with Gasteiger partial charge in [-0.3, -0.25) is 4.68 Å². The molecule has 1 heterocycles. The van der Waals surface area contributed by atoms with E-state index in [-0.39, 0.29) is 5.56 Å². The lowest BCUT2D eigenvalue weighted by Crippen LogP contribution is -2.08. The van der Waals surface area contributed by atoms with Gasteiger partial charge in [-0.25, -0.2) is 0 Å². The summed E-state index contributed by atoms with van der Waals surface area (Å²) in [5.74, 6) is 0. The van der Waals surface area contributed by atoms with Gasteiger partial charge in [-0.15, -0.1) is 0 Å². The predicted molar refractivity (Wildman–Crippen MR) is 38.3 cm³/mol. The molecule has 5 heteroatoms. The Morgan fingerprint density at radius 2 is 2.17 bits per heavy atom. The molecule has 0 saturated heterocycles. The fraction of sp³-hybridized carbons (Fsp3) is 0.286. The summed E-state index contributed by atoms with van der Waals surface area (Å²) in [4.78, 5) is 0. The van der Waals surface area contributed by atoms with Crippen LogP contribution in [0.3, 0.4) is 0 Å². The van der Waals surface area contributed by atoms with Crippen LogP contribution in [0.15, 0.2) is 19.0 Å². The monoisotopic (exact) mass is 176 g/mol. The third-order valence-electron chi connectivity index (χ3n) is 1.40. The zero-order valence-electron chi connectivity index (χ0n) is 6.39. The van der Waals surface area contributed by atoms with Gasteiger partial charge in [0.05, 0.1) is 11.8 Å². The highest BCUT2D eigenvalue weighted by Crippen LogP contribution is 2.31. The Kier molecular flexibility index (Phi) is 1.95. The largest absolute Gasteiger partial charge is 0.416 e. The van der Waals surface area contributed by atoms with E-state index in [0.717, 1.165) is 6.20 Å². The summed E-state index contributed by atoms with van der Waals surface area (Å²) < 4.78 is 37.3. The van der Waals surface area contributed by atoms with E-state index in [9.17, 15) is 13.2 Å². The van der Waals surface area contributed by atoms with E-state index < -0.39 is 11.7 Å². The fourth-order valence-electron chi connectivity index (χ4n) is 0.741. The molecule has 0 amide bonds. The molecule has 0 spiro atoms. The van der Waals surface area contributed by atoms with Crippen LogP contribution in [0, 0.1) is 0 Å². The van der Waals surface area contributed by atoms with Crippen LogP contribution < -0.4 is 0 Å². The minimum atomic E-state index is -4.37. The molecule has 0 saturated carbocycles. The third kappa shape index (κ3) is 1.66. The highest BCUT2D eigenvalue weighted by atomic mass is 19.4. The average molecular weight is 176 g/mol. The highest BCUT2D eigenvalue weighted by Gasteiger charge is 2.33. The molecular formula is C7H7F3N2. The SMILES string of the molecule is C=C(c1cnn(C)c1)C(F)(F)F. The first kappa shape index (κ1) is 8.83. The average Bonchev–Trinajstić information content (AvgIpc) is 2.32. The maximum atomic E-state index is 12.0. The molecule has 0 N–H and O–H groups in total. The molecule has 12 heavy (non-hydrogen) atoms. The molecule has 1 aromatic rings. The second-order valence-corrected chi connectivity index (χ2v) is 2.38. The van der Waals surface area contributed by atoms with Crippen LogP contribution in [-0.2, 0) is 7.05 Å². The molecule has 0 aliphatic rings. The number of nitrogens with zero attached hydrogens (tertiary/aromatic N) is 2. The van der Waals surface area contributed by atoms with Crippen molar-refractivity contribution in [1.82, 2.24) is 9.78 Å². The maximum Gasteiger partial charge on any atom is 0.416 e. The molecule has 66 valence electrons. The van der Waals surface area contributed by atoms with Gasteiger partial charge in [0.2, 0.25) is 0 Å². The molecule has 0 fully saturated rings. The second-order valence-electron chi connectivity index (χ2n) is 2.38. The van der Waals surface area contributed by atoms with Crippen molar-refractivity contribution in [2.75, 3.05) is 0 Å². The molecule has 0 atom stereocenters. The van der Waals surface area contributed by atoms with E-state index >= 15 is 0 Å². The summed E-state index contributed by atoms with van der Waals surface area (Å²) >= 11 is 0. The quantitative estimate of drug-likeness (QED) is 0.639. The van der Waals surface area contributed by atoms with Crippen molar-refractivity contribution in [1.29, 1.82) is 0 Å². The fourth-order valence-corrected chi connectivity index (χ4v) is 0.741. The summed E-state index contributed by atoms with van der Waals surface area (Å²) in [6.45, 7) is 2.93. The van der Waals surface area contributed by atoms with Crippen molar-refractivity contribution in [3.63, 3.8) is 0 Å². The second kappa shape index (κ2) is 2.66. The van der Waals surface area contributed by atoms with Crippen molar-refractivity contribution < 1.29 is 13.2 Å². The summed E-state index contributed by atoms with van der Waals surface area (Å²) in [6, 6.07) is 0. The number of hydrogen-bond acceptors (Lipinski definition) is 1. The number of aryl methyl sites for hydroxylation is 1. The van der Waals surface area contributed by atoms with E-state index in [4.69, 9.17) is 0 Å². The standard InChI is InChI=1S/C7H7F3N2/c1-5(7(8,9)10)6-3-11-12(2)4-6/h3-4H,1H2,2H3. The molecule has 0 bridgehead atoms. The summed E-state index contributed by atoms with van der Waals surface area (Å²) in [5, 5.41) is 3.61. The van der Waals surface area contributed by atoms with Crippen molar-refractivity contribution >= 4 is 5.57 Å². The molecular weight excluding hydrogens is 169 g/mol. The molecule has 1 rings (SSSR count). The van der Waals surface area contributed by atoms with Crippen LogP contribution >= 0.6 is 0 Å². The summed E-state index contributed by atoms with van der Waals surface area (Å²) in [7, 11) is 1.55. The van der Waals surface area contributed by atoms with Crippen LogP contribution in [0.2, 0.25) is 0 Å². The zero-order valence-corrected chi connectivity index (χ0v) is 6.39. The number of alkyl halides is 3. The molecule has 0 radical (unpaired) electrons. The number of halogens is 3. The summed E-state index contributed by atoms with van der Waals surface area (Å²) in [5.41, 5.74) is -0.861. The van der Waals surface area contributed by atoms with Crippen LogP contribution in [0.5, 0.6) is 0 Å². The lowest BCUT2D eigenvalue weighted by atomic mass is 10.2. The topological polar surface area (TPSA) is 17.8 Å². The first-order valence-electron chi connectivity index (χ1n) is 3.16. The van der Waals surface area contributed by atoms with E-state index in [1.54, 1.807) is 7.05 Å². The van der Waals surface area contributed by atoms with Crippen molar-refractivity contribution in [2.45, 2.75) is 6.18 Å². The van der Waals surface area contributed by atoms with Crippen molar-refractivity contribution in [2.24, 2.45) is 7.05 Å². The number of hydrogen-bond donors (Lipinski definition) is 0. The Morgan fingerprint density at radius 1 is 1.58 bits per heavy atom. The van der Waals surface area contributed by atoms with Crippen molar-refractivity contribution in [3.8, 4) is 0 Å². The maximum absolute atomic E-state index is 12.0. The molecule has 0 aliphatic carbocycles. The molecule has 0 aliphatic heterocycles. The van der Waals surface area contributed by atoms with Gasteiger partial charge in [-0.2, -0.15) is 18.3 Å². The van der Waals surface area contributed by atoms with E-state index in [1.165, 1.54) is 10.9 Å². The lowest BCUT2D eigenvalue weighted by Gasteiger charge is -2.06. The van der Waals surface area contributed by atoms with Gasteiger partial charge in [0, 0.05) is 18.8 Å². The molecule has 0 aromatic carbocycles. The Labute approximate surface area is 67.3 Å². The van der Waals surface area contributed by atoms with Crippen LogP contribution in [-0.4, -0.2) is 16.0 Å². The first-order valence-corrected chi connectivity index (χ1v) is 3.16. The Hall–Kier alpha value is -1.26.